The molecule has 2 N–H and O–H groups in total. The molecule has 1 aliphatic heterocycles. The fraction of sp³-hybridized carbons (Fsp3) is 0.333. The van der Waals surface area contributed by atoms with Crippen LogP contribution in [0.5, 0.6) is 0 Å². The number of amides is 2. The first kappa shape index (κ1) is 25.7. The molecule has 3 heterocycles. The molecular weight excluding hydrogens is 480 g/mol. The Hall–Kier alpha value is -4.34. The number of carbonyl (C=O) groups is 3. The van der Waals surface area contributed by atoms with Gasteiger partial charge in [-0.1, -0.05) is 12.1 Å². The maximum Gasteiger partial charge on any atom is 0.339 e. The fourth-order valence-corrected chi connectivity index (χ4v) is 4.25. The summed E-state index contributed by atoms with van der Waals surface area (Å²) >= 11 is 0. The lowest BCUT2D eigenvalue weighted by Crippen LogP contribution is -2.47. The van der Waals surface area contributed by atoms with Crippen molar-refractivity contribution >= 4 is 28.9 Å². The number of furan rings is 1. The summed E-state index contributed by atoms with van der Waals surface area (Å²) in [6, 6.07) is 7.45. The normalized spacial score (nSPS) is 15.4. The van der Waals surface area contributed by atoms with Crippen molar-refractivity contribution in [1.82, 2.24) is 10.6 Å². The summed E-state index contributed by atoms with van der Waals surface area (Å²) in [7, 11) is 0. The first-order valence-corrected chi connectivity index (χ1v) is 11.9. The Kier molecular flexibility index (Phi) is 7.47. The van der Waals surface area contributed by atoms with E-state index < -0.39 is 29.6 Å². The Balaban J connectivity index is 1.51. The molecule has 37 heavy (non-hydrogen) atoms. The molecule has 0 fully saturated rings. The first-order valence-electron chi connectivity index (χ1n) is 11.9. The Morgan fingerprint density at radius 3 is 2.51 bits per heavy atom. The van der Waals surface area contributed by atoms with E-state index in [0.29, 0.717) is 22.7 Å². The monoisotopic (exact) mass is 508 g/mol. The molecule has 0 spiro atoms. The molecule has 10 heteroatoms. The summed E-state index contributed by atoms with van der Waals surface area (Å²) < 4.78 is 21.6. The van der Waals surface area contributed by atoms with Crippen LogP contribution in [0.2, 0.25) is 0 Å². The van der Waals surface area contributed by atoms with Gasteiger partial charge in [0, 0.05) is 17.4 Å². The minimum atomic E-state index is -0.913. The van der Waals surface area contributed by atoms with Crippen LogP contribution in [0.4, 0.5) is 4.79 Å². The third-order valence-corrected chi connectivity index (χ3v) is 6.09. The van der Waals surface area contributed by atoms with Crippen molar-refractivity contribution in [2.45, 2.75) is 46.6 Å². The standard InChI is InChI=1S/C27H28N2O8/c1-5-34-26(32)23-19(28-27(33)29-24(23)20-10-7-15(3)36-20)13-35-22(30)11-9-18-16(4)17-8-6-14(2)12-21(17)37-25(18)31/h6-8,10,12,24H,5,9,11,13H2,1-4H3,(H2,28,29,33)/t24-/m0/s1. The van der Waals surface area contributed by atoms with Crippen molar-refractivity contribution in [3.8, 4) is 0 Å². The van der Waals surface area contributed by atoms with Crippen LogP contribution >= 0.6 is 0 Å². The number of benzene rings is 1. The molecule has 0 aliphatic carbocycles. The maximum absolute atomic E-state index is 12.8. The van der Waals surface area contributed by atoms with E-state index >= 15 is 0 Å². The Bertz CT molecular complexity index is 1460. The van der Waals surface area contributed by atoms with Crippen molar-refractivity contribution in [3.05, 3.63) is 80.2 Å². The summed E-state index contributed by atoms with van der Waals surface area (Å²) in [6.07, 6.45) is 0.0147. The predicted molar refractivity (Wildman–Crippen MR) is 133 cm³/mol. The molecule has 2 aromatic heterocycles. The van der Waals surface area contributed by atoms with Crippen molar-refractivity contribution in [3.63, 3.8) is 0 Å². The first-order chi connectivity index (χ1) is 17.7. The van der Waals surface area contributed by atoms with E-state index in [9.17, 15) is 19.2 Å². The van der Waals surface area contributed by atoms with E-state index in [1.54, 1.807) is 32.0 Å². The number of nitrogens with one attached hydrogen (secondary N) is 2. The molecule has 2 amide bonds. The van der Waals surface area contributed by atoms with Crippen LogP contribution in [0.1, 0.15) is 47.6 Å². The van der Waals surface area contributed by atoms with E-state index in [1.807, 2.05) is 26.0 Å². The second-order valence-electron chi connectivity index (χ2n) is 8.75. The van der Waals surface area contributed by atoms with E-state index in [-0.39, 0.29) is 37.3 Å². The van der Waals surface area contributed by atoms with Gasteiger partial charge in [0.2, 0.25) is 0 Å². The third-order valence-electron chi connectivity index (χ3n) is 6.09. The van der Waals surface area contributed by atoms with Crippen LogP contribution < -0.4 is 16.3 Å². The van der Waals surface area contributed by atoms with Gasteiger partial charge in [0.05, 0.1) is 17.9 Å². The molecule has 1 aromatic carbocycles. The SMILES string of the molecule is CCOC(=O)C1=C(COC(=O)CCc2c(C)c3ccc(C)cc3oc2=O)NC(=O)N[C@H]1c1ccc(C)o1. The number of carbonyl (C=O) groups excluding carboxylic acids is 3. The topological polar surface area (TPSA) is 137 Å². The van der Waals surface area contributed by atoms with Gasteiger partial charge < -0.3 is 28.9 Å². The Morgan fingerprint density at radius 1 is 1.03 bits per heavy atom. The highest BCUT2D eigenvalue weighted by atomic mass is 16.5. The highest BCUT2D eigenvalue weighted by Crippen LogP contribution is 2.29. The van der Waals surface area contributed by atoms with Gasteiger partial charge in [-0.3, -0.25) is 4.79 Å². The van der Waals surface area contributed by atoms with Crippen LogP contribution in [-0.2, 0) is 25.5 Å². The van der Waals surface area contributed by atoms with Gasteiger partial charge in [-0.2, -0.15) is 0 Å². The summed E-state index contributed by atoms with van der Waals surface area (Å²) in [5.74, 6) is -0.355. The number of aryl methyl sites for hydroxylation is 3. The van der Waals surface area contributed by atoms with Gasteiger partial charge in [0.15, 0.2) is 0 Å². The van der Waals surface area contributed by atoms with E-state index in [1.165, 1.54) is 0 Å². The molecule has 0 unspecified atom stereocenters. The highest BCUT2D eigenvalue weighted by Gasteiger charge is 2.36. The van der Waals surface area contributed by atoms with Crippen LogP contribution in [0.25, 0.3) is 11.0 Å². The molecule has 1 aliphatic rings. The largest absolute Gasteiger partial charge is 0.464 e. The number of esters is 2. The van der Waals surface area contributed by atoms with Gasteiger partial charge in [-0.15, -0.1) is 0 Å². The lowest BCUT2D eigenvalue weighted by Gasteiger charge is -2.27. The molecule has 0 saturated carbocycles. The van der Waals surface area contributed by atoms with Crippen LogP contribution in [0.15, 0.2) is 55.2 Å². The number of urea groups is 1. The zero-order chi connectivity index (χ0) is 26.7. The van der Waals surface area contributed by atoms with Gasteiger partial charge in [0.25, 0.3) is 0 Å². The summed E-state index contributed by atoms with van der Waals surface area (Å²) in [6.45, 7) is 6.85. The zero-order valence-corrected chi connectivity index (χ0v) is 21.1. The van der Waals surface area contributed by atoms with Crippen LogP contribution in [0.3, 0.4) is 0 Å². The third kappa shape index (κ3) is 5.58. The molecule has 0 saturated heterocycles. The minimum absolute atomic E-state index is 0.0740. The fourth-order valence-electron chi connectivity index (χ4n) is 4.25. The molecular formula is C27H28N2O8. The number of fused-ring (bicyclic) bond motifs is 1. The maximum atomic E-state index is 12.8. The van der Waals surface area contributed by atoms with Crippen LogP contribution in [-0.4, -0.2) is 31.2 Å². The Morgan fingerprint density at radius 2 is 1.81 bits per heavy atom. The van der Waals surface area contributed by atoms with Gasteiger partial charge >= 0.3 is 23.6 Å². The number of ether oxygens (including phenoxy) is 2. The molecule has 0 bridgehead atoms. The molecule has 0 radical (unpaired) electrons. The molecule has 4 rings (SSSR count). The average molecular weight is 509 g/mol. The van der Waals surface area contributed by atoms with E-state index in [2.05, 4.69) is 10.6 Å². The van der Waals surface area contributed by atoms with Crippen LogP contribution in [0, 0.1) is 20.8 Å². The lowest BCUT2D eigenvalue weighted by molar-refractivity contribution is -0.143. The van der Waals surface area contributed by atoms with Gasteiger partial charge in [0.1, 0.15) is 29.8 Å². The van der Waals surface area contributed by atoms with E-state index in [0.717, 1.165) is 16.5 Å². The smallest absolute Gasteiger partial charge is 0.339 e. The van der Waals surface area contributed by atoms with Gasteiger partial charge in [-0.25, -0.2) is 14.4 Å². The second-order valence-corrected chi connectivity index (χ2v) is 8.75. The molecule has 3 aromatic rings. The summed E-state index contributed by atoms with van der Waals surface area (Å²) in [5.41, 5.74) is 2.26. The quantitative estimate of drug-likeness (QED) is 0.347. The number of hydrogen-bond acceptors (Lipinski definition) is 8. The lowest BCUT2D eigenvalue weighted by atomic mass is 10.0. The second kappa shape index (κ2) is 10.7. The molecule has 10 nitrogen and oxygen atoms in total. The molecule has 1 atom stereocenters. The average Bonchev–Trinajstić information content (AvgIpc) is 3.28. The van der Waals surface area contributed by atoms with Crippen molar-refractivity contribution < 1.29 is 32.7 Å². The van der Waals surface area contributed by atoms with Crippen molar-refractivity contribution in [2.24, 2.45) is 0 Å². The number of rotatable bonds is 8. The zero-order valence-electron chi connectivity index (χ0n) is 21.1. The highest BCUT2D eigenvalue weighted by molar-refractivity contribution is 5.95. The summed E-state index contributed by atoms with van der Waals surface area (Å²) in [4.78, 5) is 50.2. The van der Waals surface area contributed by atoms with Gasteiger partial charge in [-0.05, 0) is 63.4 Å². The van der Waals surface area contributed by atoms with E-state index in [4.69, 9.17) is 18.3 Å². The minimum Gasteiger partial charge on any atom is -0.464 e. The molecule has 194 valence electrons. The summed E-state index contributed by atoms with van der Waals surface area (Å²) in [5, 5.41) is 5.97. The predicted octanol–water partition coefficient (Wildman–Crippen LogP) is 3.66. The Labute approximate surface area is 212 Å². The number of hydrogen-bond donors (Lipinski definition) is 2. The van der Waals surface area contributed by atoms with Crippen molar-refractivity contribution in [1.29, 1.82) is 0 Å². The van der Waals surface area contributed by atoms with Crippen molar-refractivity contribution in [2.75, 3.05) is 13.2 Å².